The van der Waals surface area contributed by atoms with E-state index >= 15 is 0 Å². The van der Waals surface area contributed by atoms with E-state index in [2.05, 4.69) is 10.1 Å². The number of carbonyl (C=O) groups excluding carboxylic acids is 1. The van der Waals surface area contributed by atoms with Crippen molar-refractivity contribution in [2.24, 2.45) is 5.73 Å². The number of aryl methyl sites for hydroxylation is 1. The van der Waals surface area contributed by atoms with Gasteiger partial charge in [0.15, 0.2) is 5.16 Å². The van der Waals surface area contributed by atoms with E-state index in [-0.39, 0.29) is 22.7 Å². The van der Waals surface area contributed by atoms with E-state index in [0.29, 0.717) is 28.8 Å². The van der Waals surface area contributed by atoms with E-state index in [1.165, 1.54) is 33.1 Å². The number of fused-ring (bicyclic) bond motifs is 1. The van der Waals surface area contributed by atoms with Gasteiger partial charge in [0.05, 0.1) is 0 Å². The summed E-state index contributed by atoms with van der Waals surface area (Å²) in [5, 5.41) is 13.6. The third-order valence-corrected chi connectivity index (χ3v) is 5.94. The maximum atomic E-state index is 11.8. The Balaban J connectivity index is 1.80. The number of amides is 1. The number of aromatic amines is 1. The minimum absolute atomic E-state index is 0.00483. The maximum Gasteiger partial charge on any atom is 0.352 e. The average Bonchev–Trinajstić information content (AvgIpc) is 2.90. The molecule has 0 radical (unpaired) electrons. The molecule has 1 fully saturated rings. The van der Waals surface area contributed by atoms with Gasteiger partial charge in [0.1, 0.15) is 17.1 Å². The second-order valence-corrected chi connectivity index (χ2v) is 7.10. The minimum atomic E-state index is -1.14. The van der Waals surface area contributed by atoms with Crippen LogP contribution in [0.1, 0.15) is 6.92 Å². The van der Waals surface area contributed by atoms with Crippen molar-refractivity contribution in [3.8, 4) is 0 Å². The summed E-state index contributed by atoms with van der Waals surface area (Å²) >= 11 is 2.69. The Morgan fingerprint density at radius 2 is 2.30 bits per heavy atom. The highest BCUT2D eigenvalue weighted by atomic mass is 32.2. The van der Waals surface area contributed by atoms with Crippen molar-refractivity contribution in [3.05, 3.63) is 21.8 Å². The molecule has 0 aliphatic carbocycles. The number of hydrogen-bond acceptors (Lipinski definition) is 7. The Kier molecular flexibility index (Phi) is 4.25. The number of aromatic nitrogens is 3. The second-order valence-electron chi connectivity index (χ2n) is 5.03. The molecule has 1 aromatic rings. The summed E-state index contributed by atoms with van der Waals surface area (Å²) in [6, 6.07) is -0.639. The lowest BCUT2D eigenvalue weighted by Crippen LogP contribution is -2.68. The van der Waals surface area contributed by atoms with Crippen LogP contribution in [-0.4, -0.2) is 59.6 Å². The number of hydrogen-bond donors (Lipinski definition) is 3. The fraction of sp³-hybridized carbons (Fsp3) is 0.500. The molecular formula is C12H15N5O4S2. The Bertz CT molecular complexity index is 755. The van der Waals surface area contributed by atoms with Gasteiger partial charge < -0.3 is 10.8 Å². The van der Waals surface area contributed by atoms with E-state index < -0.39 is 12.0 Å². The van der Waals surface area contributed by atoms with Gasteiger partial charge in [0.25, 0.3) is 0 Å². The molecule has 0 bridgehead atoms. The Morgan fingerprint density at radius 3 is 2.91 bits per heavy atom. The van der Waals surface area contributed by atoms with Crippen molar-refractivity contribution in [2.75, 3.05) is 11.5 Å². The molecule has 4 N–H and O–H groups in total. The van der Waals surface area contributed by atoms with Gasteiger partial charge in [-0.3, -0.25) is 14.7 Å². The number of carbonyl (C=O) groups is 2. The molecule has 2 atom stereocenters. The number of nitrogens with two attached hydrogens (primary N) is 1. The molecule has 0 aromatic carbocycles. The molecule has 9 nitrogen and oxygen atoms in total. The van der Waals surface area contributed by atoms with Crippen molar-refractivity contribution >= 4 is 35.4 Å². The van der Waals surface area contributed by atoms with E-state index in [4.69, 9.17) is 5.73 Å². The molecule has 11 heteroatoms. The number of nitrogens with one attached hydrogen (secondary N) is 1. The average molecular weight is 357 g/mol. The van der Waals surface area contributed by atoms with Crippen molar-refractivity contribution < 1.29 is 14.7 Å². The first-order valence-electron chi connectivity index (χ1n) is 6.89. The van der Waals surface area contributed by atoms with Gasteiger partial charge in [-0.05, 0) is 12.5 Å². The van der Waals surface area contributed by atoms with Crippen LogP contribution in [0.5, 0.6) is 0 Å². The van der Waals surface area contributed by atoms with Crippen LogP contribution in [0.2, 0.25) is 0 Å². The predicted molar refractivity (Wildman–Crippen MR) is 85.0 cm³/mol. The topological polar surface area (TPSA) is 134 Å². The molecule has 1 saturated heterocycles. The van der Waals surface area contributed by atoms with Gasteiger partial charge in [-0.2, -0.15) is 0 Å². The summed E-state index contributed by atoms with van der Waals surface area (Å²) in [6.07, 6.45) is 0. The summed E-state index contributed by atoms with van der Waals surface area (Å²) in [5.74, 6) is -0.698. The van der Waals surface area contributed by atoms with E-state index in [0.717, 1.165) is 0 Å². The first-order valence-corrected chi connectivity index (χ1v) is 8.93. The lowest BCUT2D eigenvalue weighted by Gasteiger charge is -2.48. The van der Waals surface area contributed by atoms with Gasteiger partial charge >= 0.3 is 11.7 Å². The van der Waals surface area contributed by atoms with Crippen LogP contribution in [-0.2, 0) is 16.1 Å². The lowest BCUT2D eigenvalue weighted by molar-refractivity contribution is -0.147. The van der Waals surface area contributed by atoms with Crippen LogP contribution in [0.4, 0.5) is 0 Å². The Hall–Kier alpha value is -1.72. The molecule has 0 spiro atoms. The quantitative estimate of drug-likeness (QED) is 0.463. The van der Waals surface area contributed by atoms with Crippen LogP contribution in [0.25, 0.3) is 0 Å². The Morgan fingerprint density at radius 1 is 1.57 bits per heavy atom. The van der Waals surface area contributed by atoms with Crippen molar-refractivity contribution in [3.63, 3.8) is 0 Å². The van der Waals surface area contributed by atoms with E-state index in [1.807, 2.05) is 0 Å². The highest BCUT2D eigenvalue weighted by Crippen LogP contribution is 2.40. The number of carboxylic acid groups (broad SMARTS) is 1. The van der Waals surface area contributed by atoms with Crippen molar-refractivity contribution in [1.82, 2.24) is 19.7 Å². The number of aliphatic carboxylic acids is 1. The second kappa shape index (κ2) is 6.06. The number of rotatable bonds is 5. The molecule has 3 heterocycles. The molecule has 2 aliphatic rings. The van der Waals surface area contributed by atoms with E-state index in [1.54, 1.807) is 6.92 Å². The van der Waals surface area contributed by atoms with Crippen LogP contribution in [0.3, 0.4) is 0 Å². The molecule has 1 aromatic heterocycles. The van der Waals surface area contributed by atoms with Gasteiger partial charge in [0.2, 0.25) is 5.91 Å². The molecule has 0 saturated carbocycles. The third-order valence-electron chi connectivity index (χ3n) is 3.63. The smallest absolute Gasteiger partial charge is 0.352 e. The number of thioether (sulfide) groups is 2. The summed E-state index contributed by atoms with van der Waals surface area (Å²) in [6.45, 7) is 2.26. The molecule has 2 unspecified atom stereocenters. The fourth-order valence-corrected chi connectivity index (χ4v) is 4.75. The van der Waals surface area contributed by atoms with Gasteiger partial charge in [-0.1, -0.05) is 11.8 Å². The van der Waals surface area contributed by atoms with Crippen LogP contribution < -0.4 is 11.4 Å². The predicted octanol–water partition coefficient (Wildman–Crippen LogP) is -0.735. The largest absolute Gasteiger partial charge is 0.477 e. The third kappa shape index (κ3) is 2.68. The molecule has 3 rings (SSSR count). The van der Waals surface area contributed by atoms with Crippen molar-refractivity contribution in [2.45, 2.75) is 30.0 Å². The molecular weight excluding hydrogens is 342 g/mol. The Labute approximate surface area is 139 Å². The monoisotopic (exact) mass is 357 g/mol. The van der Waals surface area contributed by atoms with Crippen molar-refractivity contribution in [1.29, 1.82) is 0 Å². The lowest BCUT2D eigenvalue weighted by atomic mass is 10.0. The normalized spacial score (nSPS) is 23.7. The van der Waals surface area contributed by atoms with Crippen LogP contribution in [0, 0.1) is 0 Å². The zero-order valence-corrected chi connectivity index (χ0v) is 13.8. The molecule has 2 aliphatic heterocycles. The number of nitrogens with zero attached hydrogens (tertiary/aromatic N) is 3. The van der Waals surface area contributed by atoms with Crippen LogP contribution in [0.15, 0.2) is 21.2 Å². The standard InChI is InChI=1S/C12H15N5O4S2/c1-2-16-12(21)14-11(15-16)23-4-5-3-22-9-6(13)8(18)17(9)7(5)10(19)20/h6,9H,2-4,13H2,1H3,(H,19,20)(H,14,15,21). The first kappa shape index (κ1) is 16.1. The maximum absolute atomic E-state index is 11.8. The highest BCUT2D eigenvalue weighted by Gasteiger charge is 2.51. The molecule has 1 amide bonds. The summed E-state index contributed by atoms with van der Waals surface area (Å²) in [5.41, 5.74) is 6.02. The first-order chi connectivity index (χ1) is 10.9. The van der Waals surface area contributed by atoms with E-state index in [9.17, 15) is 19.5 Å². The molecule has 23 heavy (non-hydrogen) atoms. The summed E-state index contributed by atoms with van der Waals surface area (Å²) in [4.78, 5) is 38.8. The van der Waals surface area contributed by atoms with Gasteiger partial charge in [-0.15, -0.1) is 16.9 Å². The molecule has 124 valence electrons. The zero-order chi connectivity index (χ0) is 16.7. The SMILES string of the molecule is CCn1nc(SCC2=C(C(=O)O)N3C(=O)C(N)C3SC2)[nH]c1=O. The van der Waals surface area contributed by atoms with Gasteiger partial charge in [0, 0.05) is 18.1 Å². The fourth-order valence-electron chi connectivity index (χ4n) is 2.46. The minimum Gasteiger partial charge on any atom is -0.477 e. The van der Waals surface area contributed by atoms with Gasteiger partial charge in [-0.25, -0.2) is 14.3 Å². The van der Waals surface area contributed by atoms with Crippen LogP contribution >= 0.6 is 23.5 Å². The highest BCUT2D eigenvalue weighted by molar-refractivity contribution is 8.01. The summed E-state index contributed by atoms with van der Waals surface area (Å²) in [7, 11) is 0. The number of β-lactam (4-membered cyclic amide) rings is 1. The summed E-state index contributed by atoms with van der Waals surface area (Å²) < 4.78 is 1.29. The number of H-pyrrole nitrogens is 1. The zero-order valence-electron chi connectivity index (χ0n) is 12.2. The number of carboxylic acids is 1.